The van der Waals surface area contributed by atoms with Crippen molar-refractivity contribution in [3.63, 3.8) is 0 Å². The van der Waals surface area contributed by atoms with Crippen LogP contribution in [0.4, 0.5) is 14.9 Å². The van der Waals surface area contributed by atoms with E-state index in [9.17, 15) is 9.18 Å². The van der Waals surface area contributed by atoms with Crippen LogP contribution in [0.1, 0.15) is 12.5 Å². The monoisotopic (exact) mass is 250 g/mol. The minimum Gasteiger partial charge on any atom is -0.384 e. The third kappa shape index (κ3) is 3.75. The minimum atomic E-state index is -0.534. The van der Waals surface area contributed by atoms with E-state index >= 15 is 0 Å². The summed E-state index contributed by atoms with van der Waals surface area (Å²) in [5.74, 6) is 4.31. The van der Waals surface area contributed by atoms with E-state index < -0.39 is 5.82 Å². The lowest BCUT2D eigenvalue weighted by Crippen LogP contribution is -2.30. The van der Waals surface area contributed by atoms with Crippen LogP contribution in [-0.4, -0.2) is 36.2 Å². The van der Waals surface area contributed by atoms with Crippen LogP contribution in [-0.2, 0) is 0 Å². The molecule has 0 aliphatic rings. The second kappa shape index (κ2) is 6.62. The molecule has 0 unspecified atom stereocenters. The zero-order chi connectivity index (χ0) is 13.5. The van der Waals surface area contributed by atoms with E-state index in [0.717, 1.165) is 0 Å². The van der Waals surface area contributed by atoms with Crippen LogP contribution in [0.25, 0.3) is 0 Å². The normalized spacial score (nSPS) is 9.33. The Labute approximate surface area is 105 Å². The predicted molar refractivity (Wildman–Crippen MR) is 67.7 cm³/mol. The fourth-order valence-corrected chi connectivity index (χ4v) is 1.19. The lowest BCUT2D eigenvalue weighted by atomic mass is 10.2. The topological polar surface area (TPSA) is 52.6 Å². The Morgan fingerprint density at radius 2 is 2.28 bits per heavy atom. The highest BCUT2D eigenvalue weighted by Gasteiger charge is 2.08. The molecule has 5 heteroatoms. The van der Waals surface area contributed by atoms with E-state index in [2.05, 4.69) is 17.2 Å². The van der Waals surface area contributed by atoms with Gasteiger partial charge in [0.05, 0.1) is 5.56 Å². The number of anilines is 1. The van der Waals surface area contributed by atoms with Gasteiger partial charge in [-0.1, -0.05) is 11.8 Å². The molecule has 0 aliphatic carbocycles. The fourth-order valence-electron chi connectivity index (χ4n) is 1.19. The zero-order valence-electron chi connectivity index (χ0n) is 10.3. The van der Waals surface area contributed by atoms with Crippen LogP contribution in [0.3, 0.4) is 0 Å². The first-order chi connectivity index (χ1) is 8.58. The lowest BCUT2D eigenvalue weighted by Gasteiger charge is -2.15. The van der Waals surface area contributed by atoms with Crippen LogP contribution in [0.2, 0.25) is 0 Å². The predicted octanol–water partition coefficient (Wildman–Crippen LogP) is 1.65. The first-order valence-electron chi connectivity index (χ1n) is 5.50. The van der Waals surface area contributed by atoms with E-state index in [1.54, 1.807) is 13.1 Å². The highest BCUT2D eigenvalue weighted by molar-refractivity contribution is 5.89. The van der Waals surface area contributed by atoms with Gasteiger partial charge in [-0.15, -0.1) is 0 Å². The Kier molecular flexibility index (Phi) is 5.15. The van der Waals surface area contributed by atoms with Crippen molar-refractivity contribution in [2.24, 2.45) is 0 Å². The number of halogens is 1. The molecule has 2 N–H and O–H groups in total. The van der Waals surface area contributed by atoms with Crippen molar-refractivity contribution >= 4 is 11.7 Å². The molecule has 0 bridgehead atoms. The average Bonchev–Trinajstić information content (AvgIpc) is 2.36. The maximum Gasteiger partial charge on any atom is 0.321 e. The molecular formula is C13H15FN2O2. The van der Waals surface area contributed by atoms with Crippen LogP contribution in [0.5, 0.6) is 0 Å². The largest absolute Gasteiger partial charge is 0.384 e. The summed E-state index contributed by atoms with van der Waals surface area (Å²) in [7, 11) is 1.65. The van der Waals surface area contributed by atoms with Crippen LogP contribution in [0.15, 0.2) is 18.2 Å². The molecule has 0 aliphatic heterocycles. The van der Waals surface area contributed by atoms with Gasteiger partial charge in [0, 0.05) is 19.3 Å². The molecule has 2 amide bonds. The molecule has 0 radical (unpaired) electrons. The summed E-state index contributed by atoms with van der Waals surface area (Å²) in [6, 6.07) is 3.92. The van der Waals surface area contributed by atoms with Crippen LogP contribution in [0, 0.1) is 17.7 Å². The fraction of sp³-hybridized carbons (Fsp3) is 0.308. The van der Waals surface area contributed by atoms with Gasteiger partial charge < -0.3 is 15.3 Å². The van der Waals surface area contributed by atoms with Crippen molar-refractivity contribution in [2.45, 2.75) is 6.92 Å². The maximum absolute atomic E-state index is 13.6. The van der Waals surface area contributed by atoms with Crippen molar-refractivity contribution in [1.82, 2.24) is 4.90 Å². The SMILES string of the molecule is CCN(C)C(=O)Nc1ccc(C#CCO)c(F)c1. The molecule has 96 valence electrons. The van der Waals surface area contributed by atoms with Gasteiger partial charge in [-0.2, -0.15) is 0 Å². The molecule has 0 saturated heterocycles. The van der Waals surface area contributed by atoms with Crippen LogP contribution < -0.4 is 5.32 Å². The van der Waals surface area contributed by atoms with Crippen molar-refractivity contribution in [1.29, 1.82) is 0 Å². The summed E-state index contributed by atoms with van der Waals surface area (Å²) in [6.07, 6.45) is 0. The Hall–Kier alpha value is -2.06. The van der Waals surface area contributed by atoms with Gasteiger partial charge in [0.25, 0.3) is 0 Å². The number of amides is 2. The molecule has 0 aromatic heterocycles. The van der Waals surface area contributed by atoms with E-state index in [0.29, 0.717) is 12.2 Å². The average molecular weight is 250 g/mol. The summed E-state index contributed by atoms with van der Waals surface area (Å²) in [4.78, 5) is 13.0. The third-order valence-electron chi connectivity index (χ3n) is 2.34. The van der Waals surface area contributed by atoms with Gasteiger partial charge in [-0.25, -0.2) is 9.18 Å². The summed E-state index contributed by atoms with van der Waals surface area (Å²) in [5, 5.41) is 11.1. The number of hydrogen-bond donors (Lipinski definition) is 2. The first kappa shape index (κ1) is 14.0. The molecule has 0 spiro atoms. The Balaban J connectivity index is 2.82. The standard InChI is InChI=1S/C13H15FN2O2/c1-3-16(2)13(18)15-11-7-6-10(5-4-8-17)12(14)9-11/h6-7,9,17H,3,8H2,1-2H3,(H,15,18). The molecule has 0 heterocycles. The molecule has 1 aromatic rings. The quantitative estimate of drug-likeness (QED) is 0.784. The highest BCUT2D eigenvalue weighted by Crippen LogP contribution is 2.14. The van der Waals surface area contributed by atoms with Gasteiger partial charge in [-0.3, -0.25) is 0 Å². The van der Waals surface area contributed by atoms with Crippen molar-refractivity contribution in [3.8, 4) is 11.8 Å². The maximum atomic E-state index is 13.6. The summed E-state index contributed by atoms with van der Waals surface area (Å²) in [5.41, 5.74) is 0.554. The lowest BCUT2D eigenvalue weighted by molar-refractivity contribution is 0.224. The van der Waals surface area contributed by atoms with Crippen molar-refractivity contribution < 1.29 is 14.3 Å². The summed E-state index contributed by atoms with van der Waals surface area (Å²) >= 11 is 0. The van der Waals surface area contributed by atoms with E-state index in [1.807, 2.05) is 6.92 Å². The molecule has 18 heavy (non-hydrogen) atoms. The molecule has 1 aromatic carbocycles. The Morgan fingerprint density at radius 3 is 2.83 bits per heavy atom. The number of carbonyl (C=O) groups is 1. The number of aliphatic hydroxyl groups excluding tert-OH is 1. The molecule has 0 fully saturated rings. The number of hydrogen-bond acceptors (Lipinski definition) is 2. The summed E-state index contributed by atoms with van der Waals surface area (Å²) < 4.78 is 13.6. The van der Waals surface area contributed by atoms with Gasteiger partial charge in [0.15, 0.2) is 0 Å². The van der Waals surface area contributed by atoms with Gasteiger partial charge in [-0.05, 0) is 25.1 Å². The molecule has 0 saturated carbocycles. The van der Waals surface area contributed by atoms with E-state index in [-0.39, 0.29) is 18.2 Å². The van der Waals surface area contributed by atoms with Crippen molar-refractivity contribution in [3.05, 3.63) is 29.6 Å². The molecular weight excluding hydrogens is 235 g/mol. The number of rotatable bonds is 2. The van der Waals surface area contributed by atoms with E-state index in [1.165, 1.54) is 17.0 Å². The smallest absolute Gasteiger partial charge is 0.321 e. The Bertz CT molecular complexity index is 491. The molecule has 1 rings (SSSR count). The minimum absolute atomic E-state index is 0.186. The zero-order valence-corrected chi connectivity index (χ0v) is 10.3. The molecule has 0 atom stereocenters. The van der Waals surface area contributed by atoms with Gasteiger partial charge in [0.1, 0.15) is 12.4 Å². The van der Waals surface area contributed by atoms with Gasteiger partial charge in [0.2, 0.25) is 0 Å². The number of nitrogens with one attached hydrogen (secondary N) is 1. The second-order valence-corrected chi connectivity index (χ2v) is 3.60. The number of aliphatic hydroxyl groups is 1. The summed E-state index contributed by atoms with van der Waals surface area (Å²) in [6.45, 7) is 2.08. The first-order valence-corrected chi connectivity index (χ1v) is 5.50. The number of carbonyl (C=O) groups excluding carboxylic acids is 1. The van der Waals surface area contributed by atoms with Crippen LogP contribution >= 0.6 is 0 Å². The number of urea groups is 1. The Morgan fingerprint density at radius 1 is 1.56 bits per heavy atom. The number of nitrogens with zero attached hydrogens (tertiary/aromatic N) is 1. The second-order valence-electron chi connectivity index (χ2n) is 3.60. The molecule has 4 nitrogen and oxygen atoms in total. The van der Waals surface area contributed by atoms with Gasteiger partial charge >= 0.3 is 6.03 Å². The highest BCUT2D eigenvalue weighted by atomic mass is 19.1. The van der Waals surface area contributed by atoms with Crippen molar-refractivity contribution in [2.75, 3.05) is 25.5 Å². The third-order valence-corrected chi connectivity index (χ3v) is 2.34. The van der Waals surface area contributed by atoms with E-state index in [4.69, 9.17) is 5.11 Å². The number of benzene rings is 1.